The van der Waals surface area contributed by atoms with Crippen molar-refractivity contribution in [1.82, 2.24) is 19.5 Å². The molecule has 0 bridgehead atoms. The number of nitrogens with two attached hydrogens (primary N) is 1. The highest BCUT2D eigenvalue weighted by Gasteiger charge is 2.41. The first-order valence-corrected chi connectivity index (χ1v) is 17.9. The molecular formula is C30H40N5O9PS. The van der Waals surface area contributed by atoms with Gasteiger partial charge in [-0.1, -0.05) is 37.4 Å². The molecule has 3 aromatic rings. The Bertz CT molecular complexity index is 1460. The summed E-state index contributed by atoms with van der Waals surface area (Å²) < 4.78 is 49.7. The van der Waals surface area contributed by atoms with Crippen molar-refractivity contribution in [1.29, 1.82) is 0 Å². The van der Waals surface area contributed by atoms with Crippen molar-refractivity contribution in [3.05, 3.63) is 30.6 Å². The number of nitrogen functional groups attached to an aromatic ring is 1. The van der Waals surface area contributed by atoms with Crippen molar-refractivity contribution >= 4 is 49.4 Å². The lowest BCUT2D eigenvalue weighted by Crippen LogP contribution is -2.30. The Balaban J connectivity index is 1.31. The normalized spacial score (nSPS) is 19.0. The lowest BCUT2D eigenvalue weighted by atomic mass is 10.1. The predicted octanol–water partition coefficient (Wildman–Crippen LogP) is 5.54. The lowest BCUT2D eigenvalue weighted by molar-refractivity contribution is -0.167. The number of carbonyl (C=O) groups is 2. The molecule has 46 heavy (non-hydrogen) atoms. The molecule has 2 saturated carbocycles. The van der Waals surface area contributed by atoms with Crippen LogP contribution in [0.5, 0.6) is 5.75 Å². The zero-order valence-corrected chi connectivity index (χ0v) is 27.6. The quantitative estimate of drug-likeness (QED) is 0.0769. The van der Waals surface area contributed by atoms with Gasteiger partial charge in [-0.15, -0.1) is 0 Å². The summed E-state index contributed by atoms with van der Waals surface area (Å²) in [4.78, 5) is 37.0. The number of methoxy groups -OCH3 is 1. The van der Waals surface area contributed by atoms with Crippen LogP contribution in [0.15, 0.2) is 40.5 Å². The van der Waals surface area contributed by atoms with E-state index in [0.29, 0.717) is 16.2 Å². The van der Waals surface area contributed by atoms with Gasteiger partial charge >= 0.3 is 7.60 Å². The average molecular weight is 678 g/mol. The standard InChI is InChI=1S/C30H40N5O9PS/c1-20(15-35-16-32-25-26(35)33-30(31)34-27(25)46-24-13-11-23(39-2)12-14-24)42-19-45(38,43-28(40-17-36)21-7-3-4-8-21)44-29(41-18-37)22-9-5-6-10-22/h11-14,16-18,20-22,28-29H,3-10,15,19H2,1-2H3,(H2,31,33,34). The van der Waals surface area contributed by atoms with Gasteiger partial charge in [-0.05, 0) is 56.9 Å². The van der Waals surface area contributed by atoms with Gasteiger partial charge in [0, 0.05) is 16.7 Å². The topological polar surface area (TPSA) is 176 Å². The summed E-state index contributed by atoms with van der Waals surface area (Å²) in [7, 11) is -2.51. The Morgan fingerprint density at radius 3 is 2.11 bits per heavy atom. The van der Waals surface area contributed by atoms with Crippen LogP contribution < -0.4 is 10.5 Å². The number of rotatable bonds is 18. The number of aromatic nitrogens is 4. The largest absolute Gasteiger partial charge is 0.497 e. The number of fused-ring (bicyclic) bond motifs is 1. The van der Waals surface area contributed by atoms with E-state index in [2.05, 4.69) is 15.0 Å². The van der Waals surface area contributed by atoms with E-state index in [1.807, 2.05) is 24.3 Å². The predicted molar refractivity (Wildman–Crippen MR) is 168 cm³/mol. The van der Waals surface area contributed by atoms with Gasteiger partial charge in [0.1, 0.15) is 22.6 Å². The number of benzene rings is 1. The van der Waals surface area contributed by atoms with Crippen molar-refractivity contribution in [3.8, 4) is 5.75 Å². The Hall–Kier alpha value is -3.23. The molecule has 2 heterocycles. The summed E-state index contributed by atoms with van der Waals surface area (Å²) in [5, 5.41) is 0.590. The Morgan fingerprint density at radius 1 is 0.978 bits per heavy atom. The van der Waals surface area contributed by atoms with Crippen LogP contribution in [0, 0.1) is 11.8 Å². The molecule has 2 aliphatic carbocycles. The van der Waals surface area contributed by atoms with Crippen molar-refractivity contribution < 1.29 is 42.1 Å². The van der Waals surface area contributed by atoms with E-state index in [0.717, 1.165) is 62.0 Å². The van der Waals surface area contributed by atoms with Gasteiger partial charge in [0.05, 0.1) is 26.1 Å². The SMILES string of the molecule is COc1ccc(Sc2nc(N)nc3c2ncn3CC(C)OCP(=O)(OC(OC=O)C2CCCC2)OC(OC=O)C2CCCC2)cc1. The fourth-order valence-corrected chi connectivity index (χ4v) is 8.42. The zero-order chi connectivity index (χ0) is 32.5. The molecule has 0 spiro atoms. The molecule has 5 rings (SSSR count). The molecule has 0 saturated heterocycles. The smallest absolute Gasteiger partial charge is 0.362 e. The molecule has 3 atom stereocenters. The van der Waals surface area contributed by atoms with Gasteiger partial charge in [0.15, 0.2) is 5.65 Å². The first-order chi connectivity index (χ1) is 22.3. The van der Waals surface area contributed by atoms with E-state index in [1.54, 1.807) is 24.9 Å². The Labute approximate surface area is 271 Å². The van der Waals surface area contributed by atoms with Crippen LogP contribution in [0.1, 0.15) is 58.3 Å². The van der Waals surface area contributed by atoms with Crippen LogP contribution in [0.2, 0.25) is 0 Å². The second-order valence-electron chi connectivity index (χ2n) is 11.5. The molecule has 0 radical (unpaired) electrons. The van der Waals surface area contributed by atoms with E-state index in [9.17, 15) is 14.2 Å². The van der Waals surface area contributed by atoms with E-state index in [4.69, 9.17) is 33.7 Å². The van der Waals surface area contributed by atoms with Gasteiger partial charge in [-0.2, -0.15) is 4.98 Å². The molecule has 2 aromatic heterocycles. The van der Waals surface area contributed by atoms with Crippen LogP contribution in [-0.4, -0.2) is 64.6 Å². The third kappa shape index (κ3) is 8.77. The first kappa shape index (κ1) is 34.1. The van der Waals surface area contributed by atoms with Crippen LogP contribution in [0.3, 0.4) is 0 Å². The summed E-state index contributed by atoms with van der Waals surface area (Å²) in [6.45, 7) is 2.63. The molecule has 3 unspecified atom stereocenters. The fourth-order valence-electron chi connectivity index (χ4n) is 5.86. The van der Waals surface area contributed by atoms with Crippen molar-refractivity contribution in [2.45, 2.75) is 93.4 Å². The second kappa shape index (κ2) is 16.1. The summed E-state index contributed by atoms with van der Waals surface area (Å²) in [5.74, 6) is 0.560. The second-order valence-corrected chi connectivity index (χ2v) is 14.4. The lowest BCUT2D eigenvalue weighted by Gasteiger charge is -2.31. The molecular weight excluding hydrogens is 637 g/mol. The highest BCUT2D eigenvalue weighted by Crippen LogP contribution is 2.54. The monoisotopic (exact) mass is 677 g/mol. The van der Waals surface area contributed by atoms with E-state index >= 15 is 0 Å². The number of carbonyl (C=O) groups excluding carboxylic acids is 2. The molecule has 14 nitrogen and oxygen atoms in total. The summed E-state index contributed by atoms with van der Waals surface area (Å²) in [5.41, 5.74) is 7.15. The van der Waals surface area contributed by atoms with Gasteiger partial charge in [0.2, 0.25) is 18.5 Å². The van der Waals surface area contributed by atoms with E-state index < -0.39 is 32.6 Å². The number of anilines is 1. The zero-order valence-electron chi connectivity index (χ0n) is 25.9. The molecule has 2 aliphatic rings. The molecule has 1 aromatic carbocycles. The third-order valence-corrected chi connectivity index (χ3v) is 10.7. The molecule has 0 amide bonds. The van der Waals surface area contributed by atoms with Gasteiger partial charge in [0.25, 0.3) is 12.9 Å². The summed E-state index contributed by atoms with van der Waals surface area (Å²) in [6, 6.07) is 7.54. The van der Waals surface area contributed by atoms with Crippen molar-refractivity contribution in [2.75, 3.05) is 19.2 Å². The molecule has 2 N–H and O–H groups in total. The maximum atomic E-state index is 14.3. The van der Waals surface area contributed by atoms with Crippen LogP contribution in [-0.2, 0) is 44.0 Å². The maximum absolute atomic E-state index is 14.3. The first-order valence-electron chi connectivity index (χ1n) is 15.4. The van der Waals surface area contributed by atoms with E-state index in [1.165, 1.54) is 11.8 Å². The van der Waals surface area contributed by atoms with Crippen LogP contribution >= 0.6 is 19.4 Å². The molecule has 2 fully saturated rings. The minimum atomic E-state index is -4.12. The Morgan fingerprint density at radius 2 is 1.57 bits per heavy atom. The highest BCUT2D eigenvalue weighted by molar-refractivity contribution is 7.99. The minimum absolute atomic E-state index is 0.0893. The number of imidazole rings is 1. The number of nitrogens with zero attached hydrogens (tertiary/aromatic N) is 4. The van der Waals surface area contributed by atoms with Gasteiger partial charge in [-0.3, -0.25) is 23.2 Å². The maximum Gasteiger partial charge on any atom is 0.362 e. The molecule has 16 heteroatoms. The number of ether oxygens (including phenoxy) is 4. The van der Waals surface area contributed by atoms with Gasteiger partial charge in [-0.25, -0.2) is 9.97 Å². The highest BCUT2D eigenvalue weighted by atomic mass is 32.2. The van der Waals surface area contributed by atoms with Crippen molar-refractivity contribution in [2.24, 2.45) is 11.8 Å². The molecule has 250 valence electrons. The average Bonchev–Trinajstić information content (AvgIpc) is 3.84. The van der Waals surface area contributed by atoms with Crippen molar-refractivity contribution in [3.63, 3.8) is 0 Å². The summed E-state index contributed by atoms with van der Waals surface area (Å²) >= 11 is 1.40. The van der Waals surface area contributed by atoms with Gasteiger partial charge < -0.3 is 29.2 Å². The third-order valence-electron chi connectivity index (χ3n) is 8.17. The number of hydrogen-bond acceptors (Lipinski definition) is 14. The minimum Gasteiger partial charge on any atom is -0.497 e. The summed E-state index contributed by atoms with van der Waals surface area (Å²) in [6.07, 6.45) is 5.25. The molecule has 0 aliphatic heterocycles. The van der Waals surface area contributed by atoms with E-state index in [-0.39, 0.29) is 37.3 Å². The Kier molecular flexibility index (Phi) is 11.9. The van der Waals surface area contributed by atoms with Crippen LogP contribution in [0.4, 0.5) is 5.95 Å². The number of hydrogen-bond donors (Lipinski definition) is 1. The van der Waals surface area contributed by atoms with Crippen LogP contribution in [0.25, 0.3) is 11.2 Å². The fraction of sp³-hybridized carbons (Fsp3) is 0.567.